The predicted octanol–water partition coefficient (Wildman–Crippen LogP) is 1.14. The van der Waals surface area contributed by atoms with Crippen LogP contribution in [0.5, 0.6) is 0 Å². The fourth-order valence-corrected chi connectivity index (χ4v) is 1.40. The topological polar surface area (TPSA) is 114 Å². The van der Waals surface area contributed by atoms with Gasteiger partial charge in [0.1, 0.15) is 11.6 Å². The van der Waals surface area contributed by atoms with E-state index in [1.807, 2.05) is 13.8 Å². The second-order valence-electron chi connectivity index (χ2n) is 4.38. The van der Waals surface area contributed by atoms with Crippen molar-refractivity contribution in [3.05, 3.63) is 22.2 Å². The van der Waals surface area contributed by atoms with Gasteiger partial charge in [-0.15, -0.1) is 0 Å². The van der Waals surface area contributed by atoms with E-state index in [-0.39, 0.29) is 18.1 Å². The molecule has 0 saturated carbocycles. The number of nitrogens with zero attached hydrogens (tertiary/aromatic N) is 2. The van der Waals surface area contributed by atoms with Crippen LogP contribution in [0.25, 0.3) is 0 Å². The molecule has 4 N–H and O–H groups in total. The fraction of sp³-hybridized carbons (Fsp3) is 0.500. The number of anilines is 2. The van der Waals surface area contributed by atoms with Gasteiger partial charge in [-0.1, -0.05) is 0 Å². The van der Waals surface area contributed by atoms with E-state index in [9.17, 15) is 10.1 Å². The molecule has 1 heterocycles. The average Bonchev–Trinajstić information content (AvgIpc) is 2.15. The standard InChI is InChI=1S/C10H16N4O3/c1-10(2,3-4-15)13-9-6-7(14(16)17)5-8(11)12-9/h5-6,15H,3-4H2,1-2H3,(H3,11,12,13). The lowest BCUT2D eigenvalue weighted by Crippen LogP contribution is -2.32. The van der Waals surface area contributed by atoms with Gasteiger partial charge in [0.25, 0.3) is 5.69 Å². The van der Waals surface area contributed by atoms with Gasteiger partial charge in [0.05, 0.1) is 17.1 Å². The highest BCUT2D eigenvalue weighted by Gasteiger charge is 2.19. The fourth-order valence-electron chi connectivity index (χ4n) is 1.40. The normalized spacial score (nSPS) is 11.2. The van der Waals surface area contributed by atoms with Gasteiger partial charge in [0, 0.05) is 12.1 Å². The van der Waals surface area contributed by atoms with E-state index in [0.29, 0.717) is 12.2 Å². The molecule has 0 spiro atoms. The first-order valence-corrected chi connectivity index (χ1v) is 5.15. The summed E-state index contributed by atoms with van der Waals surface area (Å²) in [5.74, 6) is 0.414. The van der Waals surface area contributed by atoms with Gasteiger partial charge >= 0.3 is 0 Å². The summed E-state index contributed by atoms with van der Waals surface area (Å²) in [6.07, 6.45) is 0.497. The molecule has 0 amide bonds. The molecule has 17 heavy (non-hydrogen) atoms. The summed E-state index contributed by atoms with van der Waals surface area (Å²) in [4.78, 5) is 14.1. The van der Waals surface area contributed by atoms with E-state index >= 15 is 0 Å². The van der Waals surface area contributed by atoms with Crippen molar-refractivity contribution >= 4 is 17.3 Å². The Kier molecular flexibility index (Phi) is 3.84. The summed E-state index contributed by atoms with van der Waals surface area (Å²) in [5, 5.41) is 22.5. The largest absolute Gasteiger partial charge is 0.396 e. The van der Waals surface area contributed by atoms with Crippen molar-refractivity contribution in [2.24, 2.45) is 0 Å². The zero-order valence-corrected chi connectivity index (χ0v) is 9.80. The number of pyridine rings is 1. The Bertz CT molecular complexity index is 420. The summed E-state index contributed by atoms with van der Waals surface area (Å²) in [5.41, 5.74) is 4.96. The third kappa shape index (κ3) is 3.87. The maximum absolute atomic E-state index is 10.7. The molecule has 94 valence electrons. The first kappa shape index (κ1) is 13.2. The average molecular weight is 240 g/mol. The van der Waals surface area contributed by atoms with Crippen LogP contribution < -0.4 is 11.1 Å². The number of nitrogens with two attached hydrogens (primary N) is 1. The second-order valence-corrected chi connectivity index (χ2v) is 4.38. The molecule has 7 nitrogen and oxygen atoms in total. The van der Waals surface area contributed by atoms with Crippen LogP contribution in [0.3, 0.4) is 0 Å². The number of hydrogen-bond donors (Lipinski definition) is 3. The molecule has 0 aliphatic heterocycles. The molecule has 0 aliphatic rings. The summed E-state index contributed by atoms with van der Waals surface area (Å²) in [6.45, 7) is 3.74. The van der Waals surface area contributed by atoms with Gasteiger partial charge in [-0.2, -0.15) is 0 Å². The maximum atomic E-state index is 10.7. The smallest absolute Gasteiger partial charge is 0.276 e. The Labute approximate surface area is 98.8 Å². The monoisotopic (exact) mass is 240 g/mol. The van der Waals surface area contributed by atoms with Gasteiger partial charge in [0.15, 0.2) is 0 Å². The number of hydrogen-bond acceptors (Lipinski definition) is 6. The molecule has 1 aromatic heterocycles. The number of nitrogen functional groups attached to an aromatic ring is 1. The van der Waals surface area contributed by atoms with Crippen LogP contribution in [0.15, 0.2) is 12.1 Å². The molecule has 0 unspecified atom stereocenters. The molecule has 0 radical (unpaired) electrons. The molecular weight excluding hydrogens is 224 g/mol. The molecule has 7 heteroatoms. The van der Waals surface area contributed by atoms with Crippen molar-refractivity contribution in [2.45, 2.75) is 25.8 Å². The maximum Gasteiger partial charge on any atom is 0.276 e. The SMILES string of the molecule is CC(C)(CCO)Nc1cc([N+](=O)[O-])cc(N)n1. The van der Waals surface area contributed by atoms with Gasteiger partial charge in [0.2, 0.25) is 0 Å². The summed E-state index contributed by atoms with van der Waals surface area (Å²) in [6, 6.07) is 2.51. The molecule has 0 aliphatic carbocycles. The van der Waals surface area contributed by atoms with Crippen molar-refractivity contribution in [3.8, 4) is 0 Å². The lowest BCUT2D eigenvalue weighted by molar-refractivity contribution is -0.384. The molecule has 0 bridgehead atoms. The Balaban J connectivity index is 2.95. The molecular formula is C10H16N4O3. The number of aliphatic hydroxyl groups excluding tert-OH is 1. The molecule has 1 rings (SSSR count). The van der Waals surface area contributed by atoms with Crippen molar-refractivity contribution in [3.63, 3.8) is 0 Å². The summed E-state index contributed by atoms with van der Waals surface area (Å²) >= 11 is 0. The lowest BCUT2D eigenvalue weighted by atomic mass is 10.0. The zero-order chi connectivity index (χ0) is 13.1. The van der Waals surface area contributed by atoms with Crippen molar-refractivity contribution in [2.75, 3.05) is 17.7 Å². The molecule has 0 atom stereocenters. The Hall–Kier alpha value is -1.89. The first-order valence-electron chi connectivity index (χ1n) is 5.15. The number of nitro groups is 1. The van der Waals surface area contributed by atoms with Crippen molar-refractivity contribution < 1.29 is 10.0 Å². The van der Waals surface area contributed by atoms with Crippen LogP contribution in [0.2, 0.25) is 0 Å². The number of aromatic nitrogens is 1. The van der Waals surface area contributed by atoms with E-state index in [2.05, 4.69) is 10.3 Å². The van der Waals surface area contributed by atoms with E-state index in [4.69, 9.17) is 10.8 Å². The number of nitrogens with one attached hydrogen (secondary N) is 1. The minimum Gasteiger partial charge on any atom is -0.396 e. The van der Waals surface area contributed by atoms with Crippen LogP contribution in [-0.2, 0) is 0 Å². The highest BCUT2D eigenvalue weighted by Crippen LogP contribution is 2.22. The summed E-state index contributed by atoms with van der Waals surface area (Å²) < 4.78 is 0. The van der Waals surface area contributed by atoms with E-state index in [1.165, 1.54) is 12.1 Å². The van der Waals surface area contributed by atoms with Crippen LogP contribution in [0.4, 0.5) is 17.3 Å². The zero-order valence-electron chi connectivity index (χ0n) is 9.80. The Morgan fingerprint density at radius 2 is 2.24 bits per heavy atom. The minimum absolute atomic E-state index is 0.0183. The number of rotatable bonds is 5. The van der Waals surface area contributed by atoms with E-state index in [0.717, 1.165) is 0 Å². The highest BCUT2D eigenvalue weighted by atomic mass is 16.6. The molecule has 0 aromatic carbocycles. The van der Waals surface area contributed by atoms with Gasteiger partial charge in [-0.05, 0) is 20.3 Å². The van der Waals surface area contributed by atoms with Crippen molar-refractivity contribution in [1.29, 1.82) is 0 Å². The molecule has 0 saturated heterocycles. The highest BCUT2D eigenvalue weighted by molar-refractivity contribution is 5.53. The van der Waals surface area contributed by atoms with Crippen LogP contribution in [-0.4, -0.2) is 27.2 Å². The number of aliphatic hydroxyl groups is 1. The van der Waals surface area contributed by atoms with E-state index < -0.39 is 10.5 Å². The molecule has 0 fully saturated rings. The quantitative estimate of drug-likeness (QED) is 0.525. The first-order chi connectivity index (χ1) is 7.84. The van der Waals surface area contributed by atoms with Crippen molar-refractivity contribution in [1.82, 2.24) is 4.98 Å². The van der Waals surface area contributed by atoms with Gasteiger partial charge < -0.3 is 16.2 Å². The van der Waals surface area contributed by atoms with Crippen LogP contribution in [0, 0.1) is 10.1 Å². The lowest BCUT2D eigenvalue weighted by Gasteiger charge is -2.25. The van der Waals surface area contributed by atoms with Crippen LogP contribution in [0.1, 0.15) is 20.3 Å². The minimum atomic E-state index is -0.526. The van der Waals surface area contributed by atoms with Gasteiger partial charge in [-0.3, -0.25) is 10.1 Å². The third-order valence-electron chi connectivity index (χ3n) is 2.24. The van der Waals surface area contributed by atoms with Crippen LogP contribution >= 0.6 is 0 Å². The predicted molar refractivity (Wildman–Crippen MR) is 64.7 cm³/mol. The van der Waals surface area contributed by atoms with Gasteiger partial charge in [-0.25, -0.2) is 4.98 Å². The summed E-state index contributed by atoms with van der Waals surface area (Å²) in [7, 11) is 0. The Morgan fingerprint density at radius 3 is 2.76 bits per heavy atom. The Morgan fingerprint density at radius 1 is 1.59 bits per heavy atom. The van der Waals surface area contributed by atoms with E-state index in [1.54, 1.807) is 0 Å². The second kappa shape index (κ2) is 4.96. The molecule has 1 aromatic rings. The third-order valence-corrected chi connectivity index (χ3v) is 2.24.